The van der Waals surface area contributed by atoms with Crippen LogP contribution < -0.4 is 18.9 Å². The molecular weight excluding hydrogens is 540 g/mol. The molecule has 9 nitrogen and oxygen atoms in total. The minimum absolute atomic E-state index is 0.0442. The van der Waals surface area contributed by atoms with Crippen molar-refractivity contribution in [3.63, 3.8) is 0 Å². The van der Waals surface area contributed by atoms with Crippen LogP contribution in [-0.2, 0) is 11.2 Å². The molecule has 1 amide bonds. The number of carbonyl (C=O) groups is 1. The normalized spacial score (nSPS) is 15.4. The first kappa shape index (κ1) is 28.0. The third-order valence-electron chi connectivity index (χ3n) is 6.57. The van der Waals surface area contributed by atoms with Crippen molar-refractivity contribution in [2.75, 3.05) is 27.4 Å². The van der Waals surface area contributed by atoms with Crippen molar-refractivity contribution < 1.29 is 23.7 Å². The molecule has 0 atom stereocenters. The van der Waals surface area contributed by atoms with Crippen LogP contribution in [0.25, 0.3) is 6.08 Å². The number of nitrogens with zero attached hydrogens (tertiary/aromatic N) is 3. The number of nitrogens with one attached hydrogen (secondary N) is 1. The van der Waals surface area contributed by atoms with Gasteiger partial charge in [-0.3, -0.25) is 10.2 Å². The van der Waals surface area contributed by atoms with Gasteiger partial charge in [0.15, 0.2) is 17.3 Å². The molecule has 0 spiro atoms. The summed E-state index contributed by atoms with van der Waals surface area (Å²) in [4.78, 5) is 17.1. The van der Waals surface area contributed by atoms with Crippen molar-refractivity contribution in [2.45, 2.75) is 20.3 Å². The van der Waals surface area contributed by atoms with Gasteiger partial charge in [0.25, 0.3) is 5.91 Å². The van der Waals surface area contributed by atoms with Crippen LogP contribution in [0.4, 0.5) is 0 Å². The molecule has 5 rings (SSSR count). The molecule has 3 aromatic carbocycles. The SMILES string of the molecule is COc1cc(/C=C2/C(=N)N3N=C(Cc4ccccc4)SC3=NC2=O)cc(OC)c1OCCOc1ccc(C)c(C)c1. The molecule has 0 saturated heterocycles. The summed E-state index contributed by atoms with van der Waals surface area (Å²) in [6, 6.07) is 19.3. The second kappa shape index (κ2) is 12.3. The molecule has 3 aromatic rings. The molecule has 0 radical (unpaired) electrons. The maximum atomic E-state index is 12.9. The molecule has 0 unspecified atom stereocenters. The molecule has 10 heteroatoms. The van der Waals surface area contributed by atoms with Gasteiger partial charge in [0.2, 0.25) is 10.9 Å². The Bertz CT molecular complexity index is 1560. The molecule has 210 valence electrons. The number of methoxy groups -OCH3 is 2. The lowest BCUT2D eigenvalue weighted by Crippen LogP contribution is -2.35. The van der Waals surface area contributed by atoms with Gasteiger partial charge in [0, 0.05) is 6.42 Å². The summed E-state index contributed by atoms with van der Waals surface area (Å²) in [6.45, 7) is 4.68. The predicted octanol–water partition coefficient (Wildman–Crippen LogP) is 5.64. The van der Waals surface area contributed by atoms with Crippen LogP contribution in [0.15, 0.2) is 76.3 Å². The molecular formula is C31H30N4O5S. The second-order valence-electron chi connectivity index (χ2n) is 9.37. The van der Waals surface area contributed by atoms with Crippen LogP contribution in [0.5, 0.6) is 23.0 Å². The lowest BCUT2D eigenvalue weighted by Gasteiger charge is -2.20. The second-order valence-corrected chi connectivity index (χ2v) is 10.4. The van der Waals surface area contributed by atoms with E-state index in [0.717, 1.165) is 21.9 Å². The van der Waals surface area contributed by atoms with Gasteiger partial charge >= 0.3 is 0 Å². The molecule has 2 heterocycles. The fraction of sp³-hybridized carbons (Fsp3) is 0.226. The zero-order valence-electron chi connectivity index (χ0n) is 23.3. The Morgan fingerprint density at radius 3 is 2.32 bits per heavy atom. The van der Waals surface area contributed by atoms with E-state index in [4.69, 9.17) is 24.4 Å². The third kappa shape index (κ3) is 6.28. The quantitative estimate of drug-likeness (QED) is 0.248. The van der Waals surface area contributed by atoms with E-state index in [1.54, 1.807) is 18.2 Å². The highest BCUT2D eigenvalue weighted by Crippen LogP contribution is 2.39. The van der Waals surface area contributed by atoms with E-state index in [1.165, 1.54) is 36.6 Å². The number of amides is 1. The van der Waals surface area contributed by atoms with Crippen LogP contribution >= 0.6 is 11.8 Å². The van der Waals surface area contributed by atoms with Gasteiger partial charge < -0.3 is 18.9 Å². The monoisotopic (exact) mass is 570 g/mol. The number of ether oxygens (including phenoxy) is 4. The van der Waals surface area contributed by atoms with E-state index in [2.05, 4.69) is 17.0 Å². The number of rotatable bonds is 10. The number of thioether (sulfide) groups is 1. The molecule has 0 aliphatic carbocycles. The molecule has 0 bridgehead atoms. The fourth-order valence-corrected chi connectivity index (χ4v) is 5.19. The maximum Gasteiger partial charge on any atom is 0.283 e. The number of fused-ring (bicyclic) bond motifs is 1. The number of hydrogen-bond acceptors (Lipinski definition) is 8. The van der Waals surface area contributed by atoms with Gasteiger partial charge in [0.1, 0.15) is 24.0 Å². The maximum absolute atomic E-state index is 12.9. The highest BCUT2D eigenvalue weighted by Gasteiger charge is 2.35. The van der Waals surface area contributed by atoms with E-state index >= 15 is 0 Å². The highest BCUT2D eigenvalue weighted by molar-refractivity contribution is 8.26. The lowest BCUT2D eigenvalue weighted by atomic mass is 10.1. The Morgan fingerprint density at radius 2 is 1.63 bits per heavy atom. The van der Waals surface area contributed by atoms with Gasteiger partial charge in [0.05, 0.1) is 19.8 Å². The predicted molar refractivity (Wildman–Crippen MR) is 162 cm³/mol. The summed E-state index contributed by atoms with van der Waals surface area (Å²) in [7, 11) is 3.05. The molecule has 2 aliphatic rings. The minimum atomic E-state index is -0.508. The summed E-state index contributed by atoms with van der Waals surface area (Å²) in [5.74, 6) is 1.47. The van der Waals surface area contributed by atoms with Gasteiger partial charge in [-0.1, -0.05) is 36.4 Å². The first-order valence-corrected chi connectivity index (χ1v) is 13.8. The van der Waals surface area contributed by atoms with Crippen LogP contribution in [0.2, 0.25) is 0 Å². The van der Waals surface area contributed by atoms with Crippen molar-refractivity contribution in [1.82, 2.24) is 5.01 Å². The molecule has 0 fully saturated rings. The number of aryl methyl sites for hydroxylation is 2. The summed E-state index contributed by atoms with van der Waals surface area (Å²) < 4.78 is 23.0. The first-order valence-electron chi connectivity index (χ1n) is 13.0. The Balaban J connectivity index is 1.31. The third-order valence-corrected chi connectivity index (χ3v) is 7.47. The van der Waals surface area contributed by atoms with Crippen LogP contribution in [-0.4, -0.2) is 54.4 Å². The number of carbonyl (C=O) groups excluding carboxylic acids is 1. The summed E-state index contributed by atoms with van der Waals surface area (Å²) >= 11 is 1.30. The summed E-state index contributed by atoms with van der Waals surface area (Å²) in [5, 5.41) is 15.8. The Hall–Kier alpha value is -4.57. The Morgan fingerprint density at radius 1 is 0.927 bits per heavy atom. The summed E-state index contributed by atoms with van der Waals surface area (Å²) in [6.07, 6.45) is 2.17. The zero-order valence-corrected chi connectivity index (χ0v) is 24.1. The number of aliphatic imine (C=N–C) groups is 1. The number of hydrogen-bond donors (Lipinski definition) is 1. The van der Waals surface area contributed by atoms with E-state index in [-0.39, 0.29) is 18.0 Å². The number of amidine groups is 2. The smallest absolute Gasteiger partial charge is 0.283 e. The molecule has 0 saturated carbocycles. The molecule has 41 heavy (non-hydrogen) atoms. The van der Waals surface area contributed by atoms with Crippen molar-refractivity contribution in [3.05, 3.63) is 88.5 Å². The molecule has 1 N–H and O–H groups in total. The van der Waals surface area contributed by atoms with Gasteiger partial charge in [-0.15, -0.1) is 0 Å². The van der Waals surface area contributed by atoms with Crippen LogP contribution in [0.3, 0.4) is 0 Å². The highest BCUT2D eigenvalue weighted by atomic mass is 32.2. The number of hydrazone groups is 1. The van der Waals surface area contributed by atoms with Crippen LogP contribution in [0.1, 0.15) is 22.3 Å². The largest absolute Gasteiger partial charge is 0.493 e. The average molecular weight is 571 g/mol. The van der Waals surface area contributed by atoms with Gasteiger partial charge in [-0.2, -0.15) is 15.1 Å². The standard InChI is InChI=1S/C31H30N4O5S/c1-19-10-11-23(14-20(19)2)39-12-13-40-28-25(37-3)16-22(17-26(28)38-4)15-24-29(32)35-31(33-30(24)36)41-27(34-35)18-21-8-6-5-7-9-21/h5-11,14-17,32H,12-13,18H2,1-4H3/b24-15-,32-29?. The van der Waals surface area contributed by atoms with Gasteiger partial charge in [-0.05, 0) is 78.2 Å². The topological polar surface area (TPSA) is 106 Å². The van der Waals surface area contributed by atoms with Crippen molar-refractivity contribution in [3.8, 4) is 23.0 Å². The van der Waals surface area contributed by atoms with E-state index in [1.807, 2.05) is 55.5 Å². The minimum Gasteiger partial charge on any atom is -0.493 e. The average Bonchev–Trinajstić information content (AvgIpc) is 3.37. The van der Waals surface area contributed by atoms with Gasteiger partial charge in [-0.25, -0.2) is 0 Å². The van der Waals surface area contributed by atoms with Crippen molar-refractivity contribution in [2.24, 2.45) is 10.1 Å². The number of benzene rings is 3. The Kier molecular flexibility index (Phi) is 8.39. The van der Waals surface area contributed by atoms with Crippen molar-refractivity contribution in [1.29, 1.82) is 5.41 Å². The van der Waals surface area contributed by atoms with E-state index in [0.29, 0.717) is 41.0 Å². The first-order chi connectivity index (χ1) is 19.9. The lowest BCUT2D eigenvalue weighted by molar-refractivity contribution is -0.114. The van der Waals surface area contributed by atoms with Crippen LogP contribution in [0, 0.1) is 19.3 Å². The zero-order chi connectivity index (χ0) is 28.9. The Labute approximate surface area is 243 Å². The molecule has 2 aliphatic heterocycles. The summed E-state index contributed by atoms with van der Waals surface area (Å²) in [5.41, 5.74) is 4.15. The van der Waals surface area contributed by atoms with E-state index < -0.39 is 5.91 Å². The van der Waals surface area contributed by atoms with Crippen molar-refractivity contribution >= 4 is 39.8 Å². The molecule has 0 aromatic heterocycles. The fourth-order valence-electron chi connectivity index (χ4n) is 4.27. The van der Waals surface area contributed by atoms with E-state index in [9.17, 15) is 4.79 Å².